The van der Waals surface area contributed by atoms with Gasteiger partial charge in [0.1, 0.15) is 24.1 Å². The van der Waals surface area contributed by atoms with Crippen molar-refractivity contribution in [3.8, 4) is 11.5 Å². The summed E-state index contributed by atoms with van der Waals surface area (Å²) in [5.74, 6) is 0.486. The predicted molar refractivity (Wildman–Crippen MR) is 142 cm³/mol. The van der Waals surface area contributed by atoms with Crippen LogP contribution >= 0.6 is 0 Å². The lowest BCUT2D eigenvalue weighted by molar-refractivity contribution is -0.122. The number of nitrogens with zero attached hydrogens (tertiary/aromatic N) is 2. The molecule has 1 saturated heterocycles. The number of methoxy groups -OCH3 is 1. The van der Waals surface area contributed by atoms with Gasteiger partial charge in [-0.25, -0.2) is 16.8 Å². The number of rotatable bonds is 12. The number of amides is 1. The van der Waals surface area contributed by atoms with E-state index < -0.39 is 32.0 Å². The van der Waals surface area contributed by atoms with E-state index in [9.17, 15) is 21.6 Å². The highest BCUT2D eigenvalue weighted by Crippen LogP contribution is 2.26. The van der Waals surface area contributed by atoms with Gasteiger partial charge < -0.3 is 14.8 Å². The van der Waals surface area contributed by atoms with E-state index in [4.69, 9.17) is 9.47 Å². The molecule has 0 radical (unpaired) electrons. The lowest BCUT2D eigenvalue weighted by Gasteiger charge is -2.30. The van der Waals surface area contributed by atoms with Crippen molar-refractivity contribution in [3.63, 3.8) is 0 Å². The van der Waals surface area contributed by atoms with Gasteiger partial charge in [0, 0.05) is 19.2 Å². The average molecular weight is 554 g/mol. The molecule has 0 saturated carbocycles. The van der Waals surface area contributed by atoms with E-state index in [0.717, 1.165) is 29.8 Å². The van der Waals surface area contributed by atoms with Crippen LogP contribution in [0.4, 0.5) is 5.69 Å². The zero-order valence-electron chi connectivity index (χ0n) is 21.4. The van der Waals surface area contributed by atoms with E-state index >= 15 is 0 Å². The highest BCUT2D eigenvalue weighted by Gasteiger charge is 2.31. The molecular weight excluding hydrogens is 518 g/mol. The summed E-state index contributed by atoms with van der Waals surface area (Å²) >= 11 is 0. The average Bonchev–Trinajstić information content (AvgIpc) is 2.89. The minimum atomic E-state index is -3.76. The number of hydrogen-bond donors (Lipinski definition) is 1. The van der Waals surface area contributed by atoms with Gasteiger partial charge in [-0.1, -0.05) is 19.4 Å². The van der Waals surface area contributed by atoms with Crippen molar-refractivity contribution in [2.75, 3.05) is 43.9 Å². The first-order valence-electron chi connectivity index (χ1n) is 12.2. The Kier molecular flexibility index (Phi) is 9.80. The second kappa shape index (κ2) is 12.6. The third-order valence-corrected chi connectivity index (χ3v) is 9.18. The SMILES string of the molecule is CC[C@@H](C(=O)NCCOc1ccc(S(=O)(=O)N2CCCCC2)cc1)N(c1cccc(OC)c1)S(C)(=O)=O. The Morgan fingerprint density at radius 2 is 1.70 bits per heavy atom. The van der Waals surface area contributed by atoms with E-state index in [1.54, 1.807) is 43.3 Å². The number of sulfonamides is 2. The molecule has 0 unspecified atom stereocenters. The van der Waals surface area contributed by atoms with Crippen LogP contribution in [-0.4, -0.2) is 72.7 Å². The molecule has 0 aromatic heterocycles. The number of anilines is 1. The minimum Gasteiger partial charge on any atom is -0.497 e. The Morgan fingerprint density at radius 3 is 2.30 bits per heavy atom. The zero-order chi connectivity index (χ0) is 27.1. The molecule has 37 heavy (non-hydrogen) atoms. The molecule has 1 fully saturated rings. The summed E-state index contributed by atoms with van der Waals surface area (Å²) in [6.07, 6.45) is 4.09. The first-order chi connectivity index (χ1) is 17.6. The first-order valence-corrected chi connectivity index (χ1v) is 15.5. The fraction of sp³-hybridized carbons (Fsp3) is 0.480. The van der Waals surface area contributed by atoms with E-state index in [1.165, 1.54) is 23.5 Å². The zero-order valence-corrected chi connectivity index (χ0v) is 23.1. The van der Waals surface area contributed by atoms with Crippen LogP contribution in [0.25, 0.3) is 0 Å². The van der Waals surface area contributed by atoms with Crippen LogP contribution in [0.3, 0.4) is 0 Å². The maximum absolute atomic E-state index is 12.9. The maximum atomic E-state index is 12.9. The van der Waals surface area contributed by atoms with Gasteiger partial charge in [-0.2, -0.15) is 4.31 Å². The van der Waals surface area contributed by atoms with Crippen molar-refractivity contribution >= 4 is 31.6 Å². The van der Waals surface area contributed by atoms with Crippen LogP contribution in [0.2, 0.25) is 0 Å². The monoisotopic (exact) mass is 553 g/mol. The molecular formula is C25H35N3O7S2. The minimum absolute atomic E-state index is 0.123. The number of carbonyl (C=O) groups is 1. The standard InChI is InChI=1S/C25H35N3O7S2/c1-4-24(28(36(3,30)31)20-9-8-10-22(19-20)34-2)25(29)26-15-18-35-21-11-13-23(14-12-21)37(32,33)27-16-6-5-7-17-27/h8-14,19,24H,4-7,15-18H2,1-3H3,(H,26,29)/t24-/m0/s1. The Morgan fingerprint density at radius 1 is 1.03 bits per heavy atom. The molecule has 1 aliphatic heterocycles. The fourth-order valence-electron chi connectivity index (χ4n) is 4.23. The van der Waals surface area contributed by atoms with Crippen molar-refractivity contribution in [2.45, 2.75) is 43.5 Å². The third kappa shape index (κ3) is 7.36. The summed E-state index contributed by atoms with van der Waals surface area (Å²) in [7, 11) is -5.80. The maximum Gasteiger partial charge on any atom is 0.244 e. The number of piperidine rings is 1. The summed E-state index contributed by atoms with van der Waals surface area (Å²) in [6, 6.07) is 11.8. The lowest BCUT2D eigenvalue weighted by Crippen LogP contribution is -2.50. The Balaban J connectivity index is 1.58. The van der Waals surface area contributed by atoms with Crippen molar-refractivity contribution in [1.29, 1.82) is 0 Å². The van der Waals surface area contributed by atoms with Crippen LogP contribution in [0.15, 0.2) is 53.4 Å². The lowest BCUT2D eigenvalue weighted by atomic mass is 10.2. The van der Waals surface area contributed by atoms with Gasteiger partial charge in [0.15, 0.2) is 0 Å². The molecule has 0 bridgehead atoms. The van der Waals surface area contributed by atoms with Gasteiger partial charge in [0.25, 0.3) is 0 Å². The van der Waals surface area contributed by atoms with E-state index in [-0.39, 0.29) is 24.5 Å². The number of hydrogen-bond acceptors (Lipinski definition) is 7. The highest BCUT2D eigenvalue weighted by atomic mass is 32.2. The molecule has 0 spiro atoms. The molecule has 204 valence electrons. The van der Waals surface area contributed by atoms with Gasteiger partial charge >= 0.3 is 0 Å². The second-order valence-electron chi connectivity index (χ2n) is 8.76. The van der Waals surface area contributed by atoms with Crippen molar-refractivity contribution in [3.05, 3.63) is 48.5 Å². The van der Waals surface area contributed by atoms with Gasteiger partial charge in [-0.3, -0.25) is 9.10 Å². The Hall–Kier alpha value is -2.83. The molecule has 1 amide bonds. The normalized spacial score (nSPS) is 15.5. The number of benzene rings is 2. The molecule has 1 heterocycles. The van der Waals surface area contributed by atoms with Gasteiger partial charge in [-0.15, -0.1) is 0 Å². The van der Waals surface area contributed by atoms with Crippen molar-refractivity contribution < 1.29 is 31.1 Å². The van der Waals surface area contributed by atoms with Crippen LogP contribution in [0.5, 0.6) is 11.5 Å². The van der Waals surface area contributed by atoms with E-state index in [0.29, 0.717) is 30.3 Å². The van der Waals surface area contributed by atoms with Gasteiger partial charge in [0.2, 0.25) is 26.0 Å². The summed E-state index contributed by atoms with van der Waals surface area (Å²) in [5.41, 5.74) is 0.333. The first kappa shape index (κ1) is 28.7. The molecule has 1 aliphatic rings. The summed E-state index contributed by atoms with van der Waals surface area (Å²) in [4.78, 5) is 13.2. The molecule has 1 N–H and O–H groups in total. The molecule has 2 aromatic carbocycles. The molecule has 2 aromatic rings. The van der Waals surface area contributed by atoms with Crippen LogP contribution in [0.1, 0.15) is 32.6 Å². The van der Waals surface area contributed by atoms with E-state index in [2.05, 4.69) is 5.32 Å². The third-order valence-electron chi connectivity index (χ3n) is 6.08. The molecule has 1 atom stereocenters. The summed E-state index contributed by atoms with van der Waals surface area (Å²) in [6.45, 7) is 3.07. The molecule has 10 nitrogen and oxygen atoms in total. The highest BCUT2D eigenvalue weighted by molar-refractivity contribution is 7.92. The smallest absolute Gasteiger partial charge is 0.244 e. The van der Waals surface area contributed by atoms with Gasteiger partial charge in [0.05, 0.1) is 30.5 Å². The Bertz CT molecular complexity index is 1260. The largest absolute Gasteiger partial charge is 0.497 e. The quantitative estimate of drug-likeness (QED) is 0.401. The predicted octanol–water partition coefficient (Wildman–Crippen LogP) is 2.61. The molecule has 3 rings (SSSR count). The number of carbonyl (C=O) groups excluding carboxylic acids is 1. The number of ether oxygens (including phenoxy) is 2. The Labute approximate surface area is 219 Å². The van der Waals surface area contributed by atoms with Crippen LogP contribution in [0, 0.1) is 0 Å². The number of nitrogens with one attached hydrogen (secondary N) is 1. The fourth-order valence-corrected chi connectivity index (χ4v) is 6.95. The topological polar surface area (TPSA) is 122 Å². The van der Waals surface area contributed by atoms with Gasteiger partial charge in [-0.05, 0) is 55.7 Å². The van der Waals surface area contributed by atoms with Crippen LogP contribution in [-0.2, 0) is 24.8 Å². The van der Waals surface area contributed by atoms with Crippen LogP contribution < -0.4 is 19.1 Å². The summed E-state index contributed by atoms with van der Waals surface area (Å²) < 4.78 is 64.2. The van der Waals surface area contributed by atoms with Crippen molar-refractivity contribution in [2.24, 2.45) is 0 Å². The van der Waals surface area contributed by atoms with E-state index in [1.807, 2.05) is 0 Å². The summed E-state index contributed by atoms with van der Waals surface area (Å²) in [5, 5.41) is 2.73. The second-order valence-corrected chi connectivity index (χ2v) is 12.6. The van der Waals surface area contributed by atoms with Crippen molar-refractivity contribution in [1.82, 2.24) is 9.62 Å². The molecule has 12 heteroatoms. The molecule has 0 aliphatic carbocycles.